The number of hydrogen-bond acceptors (Lipinski definition) is 5. The second kappa shape index (κ2) is 7.08. The topological polar surface area (TPSA) is 105 Å². The molecule has 0 saturated carbocycles. The molecule has 1 rings (SSSR count). The zero-order valence-electron chi connectivity index (χ0n) is 10.2. The molecule has 1 aromatic rings. The summed E-state index contributed by atoms with van der Waals surface area (Å²) in [6.07, 6.45) is 0.679. The Morgan fingerprint density at radius 2 is 1.94 bits per heavy atom. The van der Waals surface area contributed by atoms with Crippen molar-refractivity contribution in [2.24, 2.45) is 5.73 Å². The molecule has 0 saturated heterocycles. The molecule has 6 heteroatoms. The van der Waals surface area contributed by atoms with Gasteiger partial charge in [0.25, 0.3) is 5.56 Å². The van der Waals surface area contributed by atoms with Gasteiger partial charge >= 0.3 is 0 Å². The number of H-pyrrole nitrogens is 1. The molecule has 0 aliphatic heterocycles. The van der Waals surface area contributed by atoms with Crippen LogP contribution in [0.1, 0.15) is 50.7 Å². The minimum absolute atomic E-state index is 0.169. The summed E-state index contributed by atoms with van der Waals surface area (Å²) >= 11 is 0. The lowest BCUT2D eigenvalue weighted by Gasteiger charge is -2.07. The zero-order valence-corrected chi connectivity index (χ0v) is 10.2. The molecule has 0 aliphatic carbocycles. The van der Waals surface area contributed by atoms with Crippen LogP contribution in [0.5, 0.6) is 0 Å². The first-order valence-electron chi connectivity index (χ1n) is 5.23. The third-order valence-electron chi connectivity index (χ3n) is 2.08. The van der Waals surface area contributed by atoms with Crippen molar-refractivity contribution in [3.63, 3.8) is 0 Å². The van der Waals surface area contributed by atoms with Crippen LogP contribution in [0.2, 0.25) is 0 Å². The quantitative estimate of drug-likeness (QED) is 0.690. The number of aliphatic hydroxyl groups is 1. The third-order valence-corrected chi connectivity index (χ3v) is 2.08. The summed E-state index contributed by atoms with van der Waals surface area (Å²) in [5.41, 5.74) is 5.79. The van der Waals surface area contributed by atoms with Crippen LogP contribution < -0.4 is 11.3 Å². The van der Waals surface area contributed by atoms with Gasteiger partial charge in [0.2, 0.25) is 0 Å². The SMILES string of the molecule is CCC(N)c1nnc(C(C)C)[nH]c1=O.CO. The van der Waals surface area contributed by atoms with Gasteiger partial charge in [-0.1, -0.05) is 20.8 Å². The zero-order chi connectivity index (χ0) is 12.7. The average molecular weight is 228 g/mol. The Balaban J connectivity index is 0.00000106. The van der Waals surface area contributed by atoms with Gasteiger partial charge in [-0.05, 0) is 6.42 Å². The van der Waals surface area contributed by atoms with Crippen molar-refractivity contribution in [3.05, 3.63) is 21.9 Å². The monoisotopic (exact) mass is 228 g/mol. The summed E-state index contributed by atoms with van der Waals surface area (Å²) < 4.78 is 0. The number of rotatable bonds is 3. The Labute approximate surface area is 94.9 Å². The normalized spacial score (nSPS) is 11.9. The largest absolute Gasteiger partial charge is 0.400 e. The van der Waals surface area contributed by atoms with Crippen molar-refractivity contribution >= 4 is 0 Å². The number of aliphatic hydroxyl groups excluding tert-OH is 1. The predicted octanol–water partition coefficient (Wildman–Crippen LogP) is 0.307. The summed E-state index contributed by atoms with van der Waals surface area (Å²) in [5, 5.41) is 14.8. The van der Waals surface area contributed by atoms with E-state index < -0.39 is 0 Å². The maximum absolute atomic E-state index is 11.5. The van der Waals surface area contributed by atoms with E-state index in [2.05, 4.69) is 15.2 Å². The number of nitrogens with one attached hydrogen (secondary N) is 1. The van der Waals surface area contributed by atoms with Crippen LogP contribution in [0, 0.1) is 0 Å². The van der Waals surface area contributed by atoms with E-state index in [-0.39, 0.29) is 17.5 Å². The van der Waals surface area contributed by atoms with Gasteiger partial charge < -0.3 is 15.8 Å². The van der Waals surface area contributed by atoms with Crippen molar-refractivity contribution in [1.29, 1.82) is 0 Å². The van der Waals surface area contributed by atoms with E-state index in [0.29, 0.717) is 17.9 Å². The summed E-state index contributed by atoms with van der Waals surface area (Å²) in [6, 6.07) is -0.326. The molecule has 16 heavy (non-hydrogen) atoms. The van der Waals surface area contributed by atoms with Crippen LogP contribution in [0.3, 0.4) is 0 Å². The van der Waals surface area contributed by atoms with Gasteiger partial charge in [-0.25, -0.2) is 0 Å². The molecule has 0 spiro atoms. The van der Waals surface area contributed by atoms with Gasteiger partial charge in [0, 0.05) is 13.0 Å². The first-order chi connectivity index (χ1) is 7.56. The van der Waals surface area contributed by atoms with Crippen LogP contribution in [0.15, 0.2) is 4.79 Å². The van der Waals surface area contributed by atoms with Crippen molar-refractivity contribution in [2.75, 3.05) is 7.11 Å². The first-order valence-corrected chi connectivity index (χ1v) is 5.23. The maximum atomic E-state index is 11.5. The highest BCUT2D eigenvalue weighted by Crippen LogP contribution is 2.07. The molecule has 6 nitrogen and oxygen atoms in total. The van der Waals surface area contributed by atoms with Crippen LogP contribution in [-0.4, -0.2) is 27.4 Å². The fourth-order valence-electron chi connectivity index (χ4n) is 1.05. The van der Waals surface area contributed by atoms with Gasteiger partial charge in [-0.2, -0.15) is 0 Å². The molecular formula is C10H20N4O2. The average Bonchev–Trinajstić information content (AvgIpc) is 2.30. The second-order valence-electron chi connectivity index (χ2n) is 3.59. The van der Waals surface area contributed by atoms with Crippen molar-refractivity contribution in [1.82, 2.24) is 15.2 Å². The summed E-state index contributed by atoms with van der Waals surface area (Å²) in [5.74, 6) is 0.768. The van der Waals surface area contributed by atoms with Gasteiger partial charge in [0.15, 0.2) is 0 Å². The number of nitrogens with two attached hydrogens (primary N) is 1. The molecule has 92 valence electrons. The molecule has 1 unspecified atom stereocenters. The van der Waals surface area contributed by atoms with E-state index in [0.717, 1.165) is 7.11 Å². The molecule has 0 bridgehead atoms. The maximum Gasteiger partial charge on any atom is 0.274 e. The highest BCUT2D eigenvalue weighted by atomic mass is 16.2. The van der Waals surface area contributed by atoms with Crippen molar-refractivity contribution < 1.29 is 5.11 Å². The fourth-order valence-corrected chi connectivity index (χ4v) is 1.05. The van der Waals surface area contributed by atoms with Crippen LogP contribution in [-0.2, 0) is 0 Å². The molecule has 1 atom stereocenters. The van der Waals surface area contributed by atoms with E-state index in [1.165, 1.54) is 0 Å². The molecule has 0 aromatic carbocycles. The lowest BCUT2D eigenvalue weighted by molar-refractivity contribution is 0.399. The molecule has 1 aromatic heterocycles. The number of nitrogens with zero attached hydrogens (tertiary/aromatic N) is 2. The summed E-state index contributed by atoms with van der Waals surface area (Å²) in [6.45, 7) is 5.79. The standard InChI is InChI=1S/C9H16N4O.CH4O/c1-4-6(10)7-9(14)11-8(5(2)3)13-12-7;1-2/h5-6H,4,10H2,1-3H3,(H,11,13,14);2H,1H3. The second-order valence-corrected chi connectivity index (χ2v) is 3.59. The number of aromatic nitrogens is 3. The minimum atomic E-state index is -0.326. The Kier molecular flexibility index (Phi) is 6.52. The minimum Gasteiger partial charge on any atom is -0.400 e. The Morgan fingerprint density at radius 1 is 1.38 bits per heavy atom. The fraction of sp³-hybridized carbons (Fsp3) is 0.700. The Hall–Kier alpha value is -1.27. The van der Waals surface area contributed by atoms with Crippen LogP contribution in [0.25, 0.3) is 0 Å². The third kappa shape index (κ3) is 3.71. The summed E-state index contributed by atoms with van der Waals surface area (Å²) in [7, 11) is 1.00. The first kappa shape index (κ1) is 14.7. The molecule has 4 N–H and O–H groups in total. The Morgan fingerprint density at radius 3 is 2.31 bits per heavy atom. The molecule has 0 fully saturated rings. The smallest absolute Gasteiger partial charge is 0.274 e. The van der Waals surface area contributed by atoms with Crippen LogP contribution >= 0.6 is 0 Å². The molecule has 0 radical (unpaired) electrons. The molecule has 0 amide bonds. The molecular weight excluding hydrogens is 208 g/mol. The lowest BCUT2D eigenvalue weighted by Crippen LogP contribution is -2.26. The lowest BCUT2D eigenvalue weighted by atomic mass is 10.2. The number of aromatic amines is 1. The molecule has 1 heterocycles. The van der Waals surface area contributed by atoms with Crippen molar-refractivity contribution in [3.8, 4) is 0 Å². The number of hydrogen-bond donors (Lipinski definition) is 3. The van der Waals surface area contributed by atoms with Gasteiger partial charge in [0.1, 0.15) is 11.5 Å². The molecule has 0 aliphatic rings. The van der Waals surface area contributed by atoms with Crippen molar-refractivity contribution in [2.45, 2.75) is 39.2 Å². The summed E-state index contributed by atoms with van der Waals surface area (Å²) in [4.78, 5) is 14.2. The Bertz CT molecular complexity index is 362. The van der Waals surface area contributed by atoms with Gasteiger partial charge in [0.05, 0.1) is 6.04 Å². The van der Waals surface area contributed by atoms with Gasteiger partial charge in [-0.3, -0.25) is 4.79 Å². The van der Waals surface area contributed by atoms with E-state index >= 15 is 0 Å². The van der Waals surface area contributed by atoms with E-state index in [9.17, 15) is 4.79 Å². The van der Waals surface area contributed by atoms with E-state index in [4.69, 9.17) is 10.8 Å². The highest BCUT2D eigenvalue weighted by Gasteiger charge is 2.12. The van der Waals surface area contributed by atoms with E-state index in [1.54, 1.807) is 0 Å². The highest BCUT2D eigenvalue weighted by molar-refractivity contribution is 5.02. The van der Waals surface area contributed by atoms with E-state index in [1.807, 2.05) is 20.8 Å². The predicted molar refractivity (Wildman–Crippen MR) is 62.1 cm³/mol. The van der Waals surface area contributed by atoms with Crippen LogP contribution in [0.4, 0.5) is 0 Å². The van der Waals surface area contributed by atoms with Gasteiger partial charge in [-0.15, -0.1) is 10.2 Å².